The molecule has 2 fully saturated rings. The third kappa shape index (κ3) is 19.1. The minimum Gasteiger partial charge on any atom is -0.106 e. The smallest absolute Gasteiger partial charge is 0.0202 e. The summed E-state index contributed by atoms with van der Waals surface area (Å²) in [6.45, 7) is 4.06. The zero-order valence-corrected chi connectivity index (χ0v) is 16.6. The molecule has 0 bridgehead atoms. The van der Waals surface area contributed by atoms with E-state index in [0.29, 0.717) is 0 Å². The summed E-state index contributed by atoms with van der Waals surface area (Å²) in [6, 6.07) is 0. The van der Waals surface area contributed by atoms with Crippen molar-refractivity contribution in [2.24, 2.45) is 11.8 Å². The van der Waals surface area contributed by atoms with Crippen LogP contribution in [0.2, 0.25) is 0 Å². The first kappa shape index (κ1) is 33.9. The van der Waals surface area contributed by atoms with E-state index in [2.05, 4.69) is 30.9 Å². The zero-order chi connectivity index (χ0) is 13.1. The first-order valence-corrected chi connectivity index (χ1v) is 7.92. The minimum absolute atomic E-state index is 0. The molecule has 2 saturated carbocycles. The molecule has 0 aromatic carbocycles. The van der Waals surface area contributed by atoms with E-state index in [0.717, 1.165) is 11.8 Å². The van der Waals surface area contributed by atoms with E-state index in [9.17, 15) is 0 Å². The Bertz CT molecular complexity index is 279. The van der Waals surface area contributed by atoms with Gasteiger partial charge in [0, 0.05) is 157 Å². The van der Waals surface area contributed by atoms with Crippen LogP contribution in [0.25, 0.3) is 0 Å². The Morgan fingerprint density at radius 1 is 0.727 bits per heavy atom. The molecule has 2 aliphatic carbocycles. The number of hydrogen-bond acceptors (Lipinski definition) is 0. The van der Waals surface area contributed by atoms with Crippen LogP contribution in [0.15, 0.2) is 12.2 Å². The third-order valence-corrected chi connectivity index (χ3v) is 4.07. The van der Waals surface area contributed by atoms with E-state index < -0.39 is 0 Å². The molecule has 4 heteroatoms. The molecule has 0 amide bonds. The molecule has 0 radical (unpaired) electrons. The molecule has 2 aliphatic rings. The van der Waals surface area contributed by atoms with Crippen molar-refractivity contribution in [2.45, 2.75) is 78.1 Å². The average Bonchev–Trinajstić information content (AvgIpc) is 2.43. The van der Waals surface area contributed by atoms with Crippen LogP contribution in [0.3, 0.4) is 0 Å². The van der Waals surface area contributed by atoms with Crippen molar-refractivity contribution >= 4 is 0 Å². The molecule has 0 saturated heterocycles. The Kier molecular flexibility index (Phi) is 39.0. The molecule has 134 valence electrons. The molecular weight excluding hydrogens is 376 g/mol. The zero-order valence-electron chi connectivity index (χ0n) is 13.8. The van der Waals surface area contributed by atoms with Crippen molar-refractivity contribution in [1.82, 2.24) is 0 Å². The number of allylic oxidation sites excluding steroid dienone is 2. The van der Waals surface area contributed by atoms with E-state index in [-0.39, 0.29) is 151 Å². The van der Waals surface area contributed by atoms with Crippen molar-refractivity contribution in [1.29, 1.82) is 0 Å². The fourth-order valence-electron chi connectivity index (χ4n) is 3.05. The van der Waals surface area contributed by atoms with Gasteiger partial charge in [0.25, 0.3) is 0 Å². The fourth-order valence-corrected chi connectivity index (χ4v) is 3.05. The molecular formula is C18H30Ar4. The normalized spacial score (nSPS) is 17.9. The molecule has 22 heavy (non-hydrogen) atoms. The molecule has 0 nitrogen and oxygen atoms in total. The Labute approximate surface area is 259 Å². The van der Waals surface area contributed by atoms with Gasteiger partial charge in [0.15, 0.2) is 0 Å². The van der Waals surface area contributed by atoms with E-state index in [1.165, 1.54) is 64.2 Å². The largest absolute Gasteiger partial charge is 0.106 e. The maximum Gasteiger partial charge on any atom is 0.0202 e. The molecule has 0 aliphatic heterocycles. The Hall–Kier alpha value is 4.34. The molecule has 2 rings (SSSR count). The van der Waals surface area contributed by atoms with Crippen LogP contribution in [-0.2, 0) is 0 Å². The summed E-state index contributed by atoms with van der Waals surface area (Å²) < 4.78 is 0. The topological polar surface area (TPSA) is 0 Å². The third-order valence-electron chi connectivity index (χ3n) is 4.07. The second-order valence-corrected chi connectivity index (χ2v) is 5.65. The van der Waals surface area contributed by atoms with Crippen LogP contribution in [-0.4, -0.2) is 0 Å². The van der Waals surface area contributed by atoms with E-state index >= 15 is 0 Å². The van der Waals surface area contributed by atoms with Crippen LogP contribution >= 0.6 is 0 Å². The van der Waals surface area contributed by atoms with Crippen molar-refractivity contribution in [2.75, 3.05) is 0 Å². The predicted molar refractivity (Wildman–Crippen MR) is 81.4 cm³/mol. The average molecular weight is 406 g/mol. The monoisotopic (exact) mass is 406 g/mol. The van der Waals surface area contributed by atoms with Crippen LogP contribution in [0, 0.1) is 175 Å². The first-order valence-electron chi connectivity index (χ1n) is 7.92. The summed E-state index contributed by atoms with van der Waals surface area (Å²) in [5.74, 6) is 7.88. The number of hydrogen-bond donors (Lipinski definition) is 0. The van der Waals surface area contributed by atoms with Gasteiger partial charge in [0.1, 0.15) is 0 Å². The van der Waals surface area contributed by atoms with Crippen LogP contribution in [0.5, 0.6) is 0 Å². The molecule has 0 aromatic heterocycles. The fraction of sp³-hybridized carbons (Fsp3) is 0.778. The molecule has 0 aromatic rings. The van der Waals surface area contributed by atoms with Gasteiger partial charge in [-0.3, -0.25) is 0 Å². The van der Waals surface area contributed by atoms with Gasteiger partial charge in [-0.05, 0) is 45.4 Å². The molecule has 0 N–H and O–H groups in total. The summed E-state index contributed by atoms with van der Waals surface area (Å²) in [4.78, 5) is 0. The van der Waals surface area contributed by atoms with Gasteiger partial charge >= 0.3 is 0 Å². The quantitative estimate of drug-likeness (QED) is 0.385. The standard InChI is InChI=1S/C9H16.C9H14.4Ar/c2*1-2-6-9-7-4-3-5-8-9;;;;/h2,6,9H,3-5,7-8H2,1H3;9H,3-5,7-8H2,1H3;;;;. The van der Waals surface area contributed by atoms with Crippen molar-refractivity contribution in [3.05, 3.63) is 12.2 Å². The van der Waals surface area contributed by atoms with Gasteiger partial charge in [-0.2, -0.15) is 0 Å². The second kappa shape index (κ2) is 25.3. The van der Waals surface area contributed by atoms with Gasteiger partial charge in [-0.15, -0.1) is 11.8 Å². The maximum absolute atomic E-state index is 3.23. The maximum atomic E-state index is 3.23. The predicted octanol–water partition coefficient (Wildman–Crippen LogP) is 5.73. The van der Waals surface area contributed by atoms with Gasteiger partial charge in [0.2, 0.25) is 0 Å². The summed E-state index contributed by atoms with van der Waals surface area (Å²) >= 11 is 0. The van der Waals surface area contributed by atoms with E-state index in [4.69, 9.17) is 0 Å². The van der Waals surface area contributed by atoms with Crippen molar-refractivity contribution in [3.8, 4) is 11.8 Å². The minimum atomic E-state index is 0. The van der Waals surface area contributed by atoms with E-state index in [1.807, 2.05) is 6.92 Å². The van der Waals surface area contributed by atoms with Gasteiger partial charge in [-0.25, -0.2) is 0 Å². The van der Waals surface area contributed by atoms with Crippen LogP contribution in [0.1, 0.15) is 78.1 Å². The summed E-state index contributed by atoms with van der Waals surface area (Å²) in [6.07, 6.45) is 18.7. The van der Waals surface area contributed by atoms with Crippen molar-refractivity contribution in [3.63, 3.8) is 0 Å². The van der Waals surface area contributed by atoms with Gasteiger partial charge < -0.3 is 0 Å². The first-order chi connectivity index (χ1) is 8.86. The second-order valence-electron chi connectivity index (χ2n) is 5.65. The van der Waals surface area contributed by atoms with Crippen LogP contribution < -0.4 is 0 Å². The molecule has 0 spiro atoms. The number of rotatable bonds is 1. The van der Waals surface area contributed by atoms with Crippen molar-refractivity contribution < 1.29 is 151 Å². The summed E-state index contributed by atoms with van der Waals surface area (Å²) in [7, 11) is 0. The summed E-state index contributed by atoms with van der Waals surface area (Å²) in [5, 5.41) is 0. The Morgan fingerprint density at radius 2 is 1.18 bits per heavy atom. The Balaban J connectivity index is -0.000000125. The van der Waals surface area contributed by atoms with Gasteiger partial charge in [0.05, 0.1) is 0 Å². The van der Waals surface area contributed by atoms with Gasteiger partial charge in [-0.1, -0.05) is 50.7 Å². The van der Waals surface area contributed by atoms with Crippen LogP contribution in [0.4, 0.5) is 0 Å². The summed E-state index contributed by atoms with van der Waals surface area (Å²) in [5.41, 5.74) is 0. The van der Waals surface area contributed by atoms with E-state index in [1.54, 1.807) is 0 Å². The molecule has 0 atom stereocenters. The Morgan fingerprint density at radius 3 is 1.59 bits per heavy atom. The molecule has 0 unspecified atom stereocenters. The molecule has 0 heterocycles. The SMILES string of the molecule is CC#CC1CCCCC1.CC=CC1CCCCC1.[Ar].[Ar].[Ar].[Ar].